The van der Waals surface area contributed by atoms with Gasteiger partial charge in [0, 0.05) is 24.8 Å². The molecule has 1 amide bonds. The van der Waals surface area contributed by atoms with Crippen molar-refractivity contribution in [1.29, 1.82) is 0 Å². The average molecular weight is 283 g/mol. The SMILES string of the molecule is O=C(c1ccc2ccccc2c1)N1CCCC1CCCO. The number of carbonyl (C=O) groups excluding carboxylic acids is 1. The molecule has 1 aliphatic heterocycles. The molecule has 3 rings (SSSR count). The molecule has 0 bridgehead atoms. The fourth-order valence-corrected chi connectivity index (χ4v) is 3.22. The lowest BCUT2D eigenvalue weighted by Gasteiger charge is -2.24. The first-order valence-electron chi connectivity index (χ1n) is 7.70. The van der Waals surface area contributed by atoms with E-state index in [1.54, 1.807) is 0 Å². The van der Waals surface area contributed by atoms with E-state index in [0.29, 0.717) is 0 Å². The number of amides is 1. The van der Waals surface area contributed by atoms with Crippen LogP contribution >= 0.6 is 0 Å². The Morgan fingerprint density at radius 3 is 2.81 bits per heavy atom. The Kier molecular flexibility index (Phi) is 4.20. The molecule has 1 fully saturated rings. The van der Waals surface area contributed by atoms with E-state index in [4.69, 9.17) is 5.11 Å². The van der Waals surface area contributed by atoms with Crippen LogP contribution < -0.4 is 0 Å². The number of hydrogen-bond donors (Lipinski definition) is 1. The minimum atomic E-state index is 0.126. The molecule has 1 aliphatic rings. The first-order chi connectivity index (χ1) is 10.3. The van der Waals surface area contributed by atoms with Crippen molar-refractivity contribution >= 4 is 16.7 Å². The second kappa shape index (κ2) is 6.27. The molecular formula is C18H21NO2. The van der Waals surface area contributed by atoms with Gasteiger partial charge in [-0.2, -0.15) is 0 Å². The Labute approximate surface area is 125 Å². The molecule has 1 N–H and O–H groups in total. The van der Waals surface area contributed by atoms with Crippen LogP contribution in [0.1, 0.15) is 36.0 Å². The van der Waals surface area contributed by atoms with E-state index < -0.39 is 0 Å². The summed E-state index contributed by atoms with van der Waals surface area (Å²) in [4.78, 5) is 14.7. The van der Waals surface area contributed by atoms with E-state index in [1.165, 1.54) is 0 Å². The van der Waals surface area contributed by atoms with Crippen molar-refractivity contribution in [3.8, 4) is 0 Å². The maximum Gasteiger partial charge on any atom is 0.254 e. The number of carbonyl (C=O) groups is 1. The van der Waals surface area contributed by atoms with E-state index in [1.807, 2.05) is 41.3 Å². The lowest BCUT2D eigenvalue weighted by Crippen LogP contribution is -2.35. The van der Waals surface area contributed by atoms with Crippen molar-refractivity contribution < 1.29 is 9.90 Å². The summed E-state index contributed by atoms with van der Waals surface area (Å²) in [7, 11) is 0. The van der Waals surface area contributed by atoms with Gasteiger partial charge in [0.1, 0.15) is 0 Å². The van der Waals surface area contributed by atoms with Crippen LogP contribution in [-0.4, -0.2) is 35.1 Å². The number of hydrogen-bond acceptors (Lipinski definition) is 2. The molecule has 0 aliphatic carbocycles. The predicted molar refractivity (Wildman–Crippen MR) is 84.3 cm³/mol. The lowest BCUT2D eigenvalue weighted by molar-refractivity contribution is 0.0724. The van der Waals surface area contributed by atoms with Gasteiger partial charge in [-0.1, -0.05) is 30.3 Å². The Morgan fingerprint density at radius 1 is 1.19 bits per heavy atom. The van der Waals surface area contributed by atoms with Gasteiger partial charge < -0.3 is 10.0 Å². The van der Waals surface area contributed by atoms with Crippen molar-refractivity contribution in [3.05, 3.63) is 48.0 Å². The van der Waals surface area contributed by atoms with Crippen molar-refractivity contribution in [1.82, 2.24) is 4.90 Å². The number of aliphatic hydroxyl groups excluding tert-OH is 1. The molecule has 110 valence electrons. The highest BCUT2D eigenvalue weighted by Crippen LogP contribution is 2.25. The summed E-state index contributed by atoms with van der Waals surface area (Å²) in [5.41, 5.74) is 0.768. The zero-order valence-corrected chi connectivity index (χ0v) is 12.2. The Bertz CT molecular complexity index is 638. The van der Waals surface area contributed by atoms with Crippen molar-refractivity contribution in [2.75, 3.05) is 13.2 Å². The lowest BCUT2D eigenvalue weighted by atomic mass is 10.0. The molecular weight excluding hydrogens is 262 g/mol. The molecule has 1 unspecified atom stereocenters. The average Bonchev–Trinajstić information content (AvgIpc) is 3.00. The van der Waals surface area contributed by atoms with Crippen LogP contribution in [0.3, 0.4) is 0 Å². The zero-order chi connectivity index (χ0) is 14.7. The van der Waals surface area contributed by atoms with Gasteiger partial charge in [-0.15, -0.1) is 0 Å². The summed E-state index contributed by atoms with van der Waals surface area (Å²) in [6, 6.07) is 14.3. The molecule has 2 aromatic carbocycles. The van der Waals surface area contributed by atoms with Gasteiger partial charge in [0.2, 0.25) is 0 Å². The van der Waals surface area contributed by atoms with Crippen LogP contribution in [0.15, 0.2) is 42.5 Å². The van der Waals surface area contributed by atoms with Crippen molar-refractivity contribution in [2.24, 2.45) is 0 Å². The molecule has 1 saturated heterocycles. The van der Waals surface area contributed by atoms with E-state index >= 15 is 0 Å². The Balaban J connectivity index is 1.82. The van der Waals surface area contributed by atoms with Crippen LogP contribution in [0.5, 0.6) is 0 Å². The number of fused-ring (bicyclic) bond motifs is 1. The number of nitrogens with zero attached hydrogens (tertiary/aromatic N) is 1. The highest BCUT2D eigenvalue weighted by atomic mass is 16.3. The molecule has 0 aromatic heterocycles. The van der Waals surface area contributed by atoms with Gasteiger partial charge in [-0.05, 0) is 48.6 Å². The summed E-state index contributed by atoms with van der Waals surface area (Å²) >= 11 is 0. The van der Waals surface area contributed by atoms with E-state index in [9.17, 15) is 4.79 Å². The molecule has 0 spiro atoms. The topological polar surface area (TPSA) is 40.5 Å². The fraction of sp³-hybridized carbons (Fsp3) is 0.389. The highest BCUT2D eigenvalue weighted by Gasteiger charge is 2.28. The third-order valence-corrected chi connectivity index (χ3v) is 4.33. The zero-order valence-electron chi connectivity index (χ0n) is 12.2. The fourth-order valence-electron chi connectivity index (χ4n) is 3.22. The Hall–Kier alpha value is -1.87. The van der Waals surface area contributed by atoms with Gasteiger partial charge in [0.15, 0.2) is 0 Å². The van der Waals surface area contributed by atoms with Gasteiger partial charge in [0.05, 0.1) is 0 Å². The van der Waals surface area contributed by atoms with Gasteiger partial charge in [-0.25, -0.2) is 0 Å². The molecule has 0 saturated carbocycles. The minimum Gasteiger partial charge on any atom is -0.396 e. The monoisotopic (exact) mass is 283 g/mol. The molecule has 1 atom stereocenters. The smallest absolute Gasteiger partial charge is 0.254 e. The largest absolute Gasteiger partial charge is 0.396 e. The van der Waals surface area contributed by atoms with Crippen LogP contribution in [-0.2, 0) is 0 Å². The summed E-state index contributed by atoms with van der Waals surface area (Å²) in [5, 5.41) is 11.2. The molecule has 2 aromatic rings. The van der Waals surface area contributed by atoms with Crippen LogP contribution in [0.4, 0.5) is 0 Å². The molecule has 21 heavy (non-hydrogen) atoms. The van der Waals surface area contributed by atoms with Crippen LogP contribution in [0.2, 0.25) is 0 Å². The Morgan fingerprint density at radius 2 is 2.00 bits per heavy atom. The standard InChI is InChI=1S/C18H21NO2/c20-12-4-8-17-7-3-11-19(17)18(21)16-10-9-14-5-1-2-6-15(14)13-16/h1-2,5-6,9-10,13,17,20H,3-4,7-8,11-12H2. The quantitative estimate of drug-likeness (QED) is 0.936. The summed E-state index contributed by atoms with van der Waals surface area (Å²) in [6.45, 7) is 1.04. The first-order valence-corrected chi connectivity index (χ1v) is 7.70. The van der Waals surface area contributed by atoms with Gasteiger partial charge >= 0.3 is 0 Å². The minimum absolute atomic E-state index is 0.126. The second-order valence-corrected chi connectivity index (χ2v) is 5.72. The molecule has 3 nitrogen and oxygen atoms in total. The maximum atomic E-state index is 12.7. The van der Waals surface area contributed by atoms with Crippen molar-refractivity contribution in [2.45, 2.75) is 31.7 Å². The molecule has 1 heterocycles. The number of rotatable bonds is 4. The summed E-state index contributed by atoms with van der Waals surface area (Å²) < 4.78 is 0. The number of aliphatic hydroxyl groups is 1. The van der Waals surface area contributed by atoms with E-state index in [2.05, 4.69) is 6.07 Å². The van der Waals surface area contributed by atoms with E-state index in [0.717, 1.165) is 48.6 Å². The second-order valence-electron chi connectivity index (χ2n) is 5.72. The maximum absolute atomic E-state index is 12.7. The number of benzene rings is 2. The van der Waals surface area contributed by atoms with Crippen molar-refractivity contribution in [3.63, 3.8) is 0 Å². The summed E-state index contributed by atoms with van der Waals surface area (Å²) in [5.74, 6) is 0.126. The van der Waals surface area contributed by atoms with Gasteiger partial charge in [-0.3, -0.25) is 4.79 Å². The van der Waals surface area contributed by atoms with E-state index in [-0.39, 0.29) is 18.6 Å². The predicted octanol–water partition coefficient (Wildman–Crippen LogP) is 3.22. The third kappa shape index (κ3) is 2.93. The summed E-state index contributed by atoms with van der Waals surface area (Å²) in [6.07, 6.45) is 3.79. The van der Waals surface area contributed by atoms with Crippen LogP contribution in [0, 0.1) is 0 Å². The first kappa shape index (κ1) is 14.1. The van der Waals surface area contributed by atoms with Crippen LogP contribution in [0.25, 0.3) is 10.8 Å². The molecule has 3 heteroatoms. The normalized spacial score (nSPS) is 18.3. The molecule has 0 radical (unpaired) electrons. The highest BCUT2D eigenvalue weighted by molar-refractivity contribution is 5.98. The number of likely N-dealkylation sites (tertiary alicyclic amines) is 1. The van der Waals surface area contributed by atoms with Gasteiger partial charge in [0.25, 0.3) is 5.91 Å². The third-order valence-electron chi connectivity index (χ3n) is 4.33.